The predicted molar refractivity (Wildman–Crippen MR) is 69.1 cm³/mol. The summed E-state index contributed by atoms with van der Waals surface area (Å²) in [5.74, 6) is 0.822. The molecule has 1 aliphatic rings. The molecule has 0 saturated carbocycles. The molecule has 0 spiro atoms. The summed E-state index contributed by atoms with van der Waals surface area (Å²) in [7, 11) is 1.43. The molecule has 1 aromatic carbocycles. The lowest BCUT2D eigenvalue weighted by Gasteiger charge is -2.37. The minimum absolute atomic E-state index is 0.183. The molecular weight excluding hydrogens is 234 g/mol. The molecule has 2 rings (SSSR count). The molecule has 17 heavy (non-hydrogen) atoms. The second-order valence-electron chi connectivity index (χ2n) is 4.33. The molecule has 1 aromatic rings. The van der Waals surface area contributed by atoms with Gasteiger partial charge in [0.25, 0.3) is 0 Å². The third-order valence-corrected chi connectivity index (χ3v) is 4.47. The molecule has 0 fully saturated rings. The van der Waals surface area contributed by atoms with Crippen molar-refractivity contribution in [3.8, 4) is 0 Å². The highest BCUT2D eigenvalue weighted by atomic mass is 32.2. The first-order valence-corrected chi connectivity index (χ1v) is 6.69. The molecule has 1 aliphatic heterocycles. The minimum Gasteiger partial charge on any atom is -0.469 e. The summed E-state index contributed by atoms with van der Waals surface area (Å²) in [5, 5.41) is 0. The monoisotopic (exact) mass is 251 g/mol. The van der Waals surface area contributed by atoms with Gasteiger partial charge in [0.05, 0.1) is 13.5 Å². The molecule has 0 radical (unpaired) electrons. The summed E-state index contributed by atoms with van der Waals surface area (Å²) in [5.41, 5.74) is 6.90. The van der Waals surface area contributed by atoms with E-state index in [1.54, 1.807) is 0 Å². The van der Waals surface area contributed by atoms with Gasteiger partial charge in [0.15, 0.2) is 0 Å². The number of benzene rings is 1. The van der Waals surface area contributed by atoms with Gasteiger partial charge >= 0.3 is 5.97 Å². The molecule has 1 unspecified atom stereocenters. The van der Waals surface area contributed by atoms with Crippen LogP contribution >= 0.6 is 11.8 Å². The lowest BCUT2D eigenvalue weighted by Crippen LogP contribution is -2.40. The Morgan fingerprint density at radius 3 is 3.00 bits per heavy atom. The number of hydrogen-bond acceptors (Lipinski definition) is 4. The molecule has 1 atom stereocenters. The van der Waals surface area contributed by atoms with Gasteiger partial charge in [-0.3, -0.25) is 4.79 Å². The van der Waals surface area contributed by atoms with Gasteiger partial charge in [-0.15, -0.1) is 11.8 Å². The summed E-state index contributed by atoms with van der Waals surface area (Å²) in [6, 6.07) is 8.21. The highest BCUT2D eigenvalue weighted by Gasteiger charge is 2.37. The van der Waals surface area contributed by atoms with Crippen molar-refractivity contribution < 1.29 is 9.53 Å². The summed E-state index contributed by atoms with van der Waals surface area (Å²) >= 11 is 1.83. The van der Waals surface area contributed by atoms with E-state index in [0.717, 1.165) is 12.2 Å². The molecule has 92 valence electrons. The van der Waals surface area contributed by atoms with E-state index in [-0.39, 0.29) is 11.4 Å². The summed E-state index contributed by atoms with van der Waals surface area (Å²) in [6.45, 7) is 0.486. The highest BCUT2D eigenvalue weighted by molar-refractivity contribution is 7.99. The fraction of sp³-hybridized carbons (Fsp3) is 0.462. The molecule has 0 aliphatic carbocycles. The van der Waals surface area contributed by atoms with Crippen LogP contribution in [-0.4, -0.2) is 25.4 Å². The summed E-state index contributed by atoms with van der Waals surface area (Å²) in [6.07, 6.45) is 1.30. The Morgan fingerprint density at radius 1 is 1.53 bits per heavy atom. The Kier molecular flexibility index (Phi) is 3.74. The lowest BCUT2D eigenvalue weighted by atomic mass is 9.75. The van der Waals surface area contributed by atoms with Crippen LogP contribution in [0.25, 0.3) is 0 Å². The number of carbonyl (C=O) groups is 1. The van der Waals surface area contributed by atoms with Crippen LogP contribution in [0.3, 0.4) is 0 Å². The van der Waals surface area contributed by atoms with Crippen LogP contribution in [-0.2, 0) is 14.9 Å². The van der Waals surface area contributed by atoms with Gasteiger partial charge in [0.1, 0.15) is 0 Å². The van der Waals surface area contributed by atoms with E-state index in [1.165, 1.54) is 17.6 Å². The molecule has 0 bridgehead atoms. The molecule has 0 saturated heterocycles. The van der Waals surface area contributed by atoms with Gasteiger partial charge in [-0.1, -0.05) is 18.2 Å². The first-order valence-electron chi connectivity index (χ1n) is 5.71. The standard InChI is InChI=1S/C13H17NO2S/c1-16-12(15)8-13(9-14)6-7-17-11-5-3-2-4-10(11)13/h2-5H,6-9,14H2,1H3. The van der Waals surface area contributed by atoms with Crippen molar-refractivity contribution in [1.29, 1.82) is 0 Å². The topological polar surface area (TPSA) is 52.3 Å². The van der Waals surface area contributed by atoms with Crippen molar-refractivity contribution in [1.82, 2.24) is 0 Å². The normalized spacial score (nSPS) is 22.9. The number of methoxy groups -OCH3 is 1. The van der Waals surface area contributed by atoms with Crippen molar-refractivity contribution in [3.63, 3.8) is 0 Å². The molecule has 3 nitrogen and oxygen atoms in total. The zero-order valence-corrected chi connectivity index (χ0v) is 10.8. The number of esters is 1. The van der Waals surface area contributed by atoms with Gasteiger partial charge in [-0.05, 0) is 23.8 Å². The summed E-state index contributed by atoms with van der Waals surface area (Å²) in [4.78, 5) is 12.8. The third-order valence-electron chi connectivity index (χ3n) is 3.40. The van der Waals surface area contributed by atoms with E-state index >= 15 is 0 Å². The van der Waals surface area contributed by atoms with Crippen LogP contribution < -0.4 is 5.73 Å². The van der Waals surface area contributed by atoms with E-state index in [9.17, 15) is 4.79 Å². The maximum atomic E-state index is 11.6. The second-order valence-corrected chi connectivity index (χ2v) is 5.47. The van der Waals surface area contributed by atoms with Gasteiger partial charge in [0.2, 0.25) is 0 Å². The van der Waals surface area contributed by atoms with Gasteiger partial charge in [-0.2, -0.15) is 0 Å². The van der Waals surface area contributed by atoms with E-state index in [2.05, 4.69) is 12.1 Å². The number of fused-ring (bicyclic) bond motifs is 1. The van der Waals surface area contributed by atoms with E-state index in [0.29, 0.717) is 13.0 Å². The van der Waals surface area contributed by atoms with Crippen LogP contribution in [0.1, 0.15) is 18.4 Å². The maximum absolute atomic E-state index is 11.6. The van der Waals surface area contributed by atoms with Crippen LogP contribution in [0.5, 0.6) is 0 Å². The van der Waals surface area contributed by atoms with Crippen LogP contribution in [0.2, 0.25) is 0 Å². The lowest BCUT2D eigenvalue weighted by molar-refractivity contribution is -0.142. The average molecular weight is 251 g/mol. The van der Waals surface area contributed by atoms with Crippen molar-refractivity contribution >= 4 is 17.7 Å². The molecule has 0 amide bonds. The molecule has 4 heteroatoms. The first kappa shape index (κ1) is 12.5. The SMILES string of the molecule is COC(=O)CC1(CN)CCSc2ccccc21. The van der Waals surface area contributed by atoms with Crippen molar-refractivity contribution in [2.45, 2.75) is 23.2 Å². The Bertz CT molecular complexity index is 422. The van der Waals surface area contributed by atoms with E-state index < -0.39 is 0 Å². The first-order chi connectivity index (χ1) is 8.22. The van der Waals surface area contributed by atoms with Crippen molar-refractivity contribution in [2.75, 3.05) is 19.4 Å². The van der Waals surface area contributed by atoms with Crippen molar-refractivity contribution in [3.05, 3.63) is 29.8 Å². The quantitative estimate of drug-likeness (QED) is 0.834. The number of carbonyl (C=O) groups excluding carboxylic acids is 1. The Morgan fingerprint density at radius 2 is 2.29 bits per heavy atom. The number of hydrogen-bond donors (Lipinski definition) is 1. The van der Waals surface area contributed by atoms with E-state index in [4.69, 9.17) is 10.5 Å². The number of thioether (sulfide) groups is 1. The zero-order chi connectivity index (χ0) is 12.3. The number of nitrogens with two attached hydrogens (primary N) is 1. The van der Waals surface area contributed by atoms with E-state index in [1.807, 2.05) is 23.9 Å². The molecule has 1 heterocycles. The largest absolute Gasteiger partial charge is 0.469 e. The number of rotatable bonds is 3. The average Bonchev–Trinajstić information content (AvgIpc) is 2.39. The zero-order valence-electron chi connectivity index (χ0n) is 9.94. The summed E-state index contributed by atoms with van der Waals surface area (Å²) < 4.78 is 4.79. The Labute approximate surface area is 106 Å². The van der Waals surface area contributed by atoms with Gasteiger partial charge in [0, 0.05) is 16.9 Å². The molecule has 0 aromatic heterocycles. The fourth-order valence-electron chi connectivity index (χ4n) is 2.34. The smallest absolute Gasteiger partial charge is 0.306 e. The van der Waals surface area contributed by atoms with Gasteiger partial charge in [-0.25, -0.2) is 0 Å². The maximum Gasteiger partial charge on any atom is 0.306 e. The van der Waals surface area contributed by atoms with Gasteiger partial charge < -0.3 is 10.5 Å². The van der Waals surface area contributed by atoms with Crippen molar-refractivity contribution in [2.24, 2.45) is 5.73 Å². The third kappa shape index (κ3) is 2.33. The fourth-order valence-corrected chi connectivity index (χ4v) is 3.67. The molecule has 2 N–H and O–H groups in total. The Balaban J connectivity index is 2.38. The number of ether oxygens (including phenoxy) is 1. The molecular formula is C13H17NO2S. The predicted octanol–water partition coefficient (Wildman–Crippen LogP) is 1.94. The minimum atomic E-state index is -0.241. The van der Waals surface area contributed by atoms with Crippen LogP contribution in [0, 0.1) is 0 Å². The van der Waals surface area contributed by atoms with Crippen LogP contribution in [0.15, 0.2) is 29.2 Å². The Hall–Kier alpha value is -1.00. The highest BCUT2D eigenvalue weighted by Crippen LogP contribution is 2.43. The second kappa shape index (κ2) is 5.10. The van der Waals surface area contributed by atoms with Crippen LogP contribution in [0.4, 0.5) is 0 Å².